The molecule has 0 amide bonds. The molecule has 0 nitrogen and oxygen atoms in total. The first-order valence-electron chi connectivity index (χ1n) is 7.04. The van der Waals surface area contributed by atoms with Crippen LogP contribution < -0.4 is 0 Å². The van der Waals surface area contributed by atoms with E-state index in [1.807, 2.05) is 0 Å². The molecule has 3 aromatic rings. The molecule has 0 unspecified atom stereocenters. The fourth-order valence-corrected chi connectivity index (χ4v) is 2.95. The minimum Gasteiger partial charge on any atom is -0.135 e. The van der Waals surface area contributed by atoms with Crippen molar-refractivity contribution in [2.45, 2.75) is 0 Å². The Morgan fingerprint density at radius 2 is 2.07 bits per heavy atom. The SMILES string of the molecule is [2H]c1c(Br)c([2H])c2c(sc3c([2H])c([2H])c([2H])c(Cl)c32)c1[2H]. The van der Waals surface area contributed by atoms with Crippen LogP contribution >= 0.6 is 38.9 Å². The first-order chi connectivity index (χ1) is 9.77. The van der Waals surface area contributed by atoms with E-state index in [4.69, 9.17) is 19.8 Å². The van der Waals surface area contributed by atoms with Crippen molar-refractivity contribution in [3.05, 3.63) is 45.7 Å². The summed E-state index contributed by atoms with van der Waals surface area (Å²) in [7, 11) is 0. The highest BCUT2D eigenvalue weighted by Gasteiger charge is 2.07. The molecule has 0 bridgehead atoms. The Labute approximate surface area is 113 Å². The largest absolute Gasteiger partial charge is 0.135 e. The zero-order valence-electron chi connectivity index (χ0n) is 13.2. The molecule has 0 aliphatic heterocycles. The van der Waals surface area contributed by atoms with Gasteiger partial charge in [0, 0.05) is 29.7 Å². The van der Waals surface area contributed by atoms with Crippen LogP contribution in [0.4, 0.5) is 0 Å². The third-order valence-corrected chi connectivity index (χ3v) is 3.70. The van der Waals surface area contributed by atoms with Gasteiger partial charge in [0.25, 0.3) is 0 Å². The van der Waals surface area contributed by atoms with Gasteiger partial charge in [-0.3, -0.25) is 0 Å². The van der Waals surface area contributed by atoms with Crippen LogP contribution in [0.3, 0.4) is 0 Å². The Bertz CT molecular complexity index is 861. The van der Waals surface area contributed by atoms with Gasteiger partial charge in [0.2, 0.25) is 0 Å². The van der Waals surface area contributed by atoms with Crippen LogP contribution in [0.25, 0.3) is 20.2 Å². The van der Waals surface area contributed by atoms with E-state index in [0.717, 1.165) is 11.3 Å². The summed E-state index contributed by atoms with van der Waals surface area (Å²) < 4.78 is 48.4. The van der Waals surface area contributed by atoms with Crippen LogP contribution in [-0.4, -0.2) is 0 Å². The molecular formula is C12H6BrClS. The van der Waals surface area contributed by atoms with Crippen molar-refractivity contribution in [2.24, 2.45) is 0 Å². The lowest BCUT2D eigenvalue weighted by molar-refractivity contribution is 1.77. The highest BCUT2D eigenvalue weighted by Crippen LogP contribution is 2.38. The summed E-state index contributed by atoms with van der Waals surface area (Å²) >= 11 is 10.3. The third-order valence-electron chi connectivity index (χ3n) is 2.00. The van der Waals surface area contributed by atoms with E-state index in [2.05, 4.69) is 15.9 Å². The maximum atomic E-state index is 8.14. The standard InChI is InChI=1S/C12H6BrClS/c13-7-4-5-10-8(6-7)12-9(14)2-1-3-11(12)15-10/h1-6H/i1D,2D,3D,4D,5D,6D. The number of fused-ring (bicyclic) bond motifs is 3. The molecule has 0 saturated carbocycles. The molecule has 0 saturated heterocycles. The van der Waals surface area contributed by atoms with Crippen molar-refractivity contribution >= 4 is 59.0 Å². The number of benzene rings is 2. The lowest BCUT2D eigenvalue weighted by Crippen LogP contribution is -1.69. The van der Waals surface area contributed by atoms with Crippen LogP contribution in [0.1, 0.15) is 8.22 Å². The monoisotopic (exact) mass is 302 g/mol. The molecule has 74 valence electrons. The van der Waals surface area contributed by atoms with E-state index in [1.54, 1.807) is 0 Å². The summed E-state index contributed by atoms with van der Waals surface area (Å²) in [6.45, 7) is 0. The Hall–Kier alpha value is -0.570. The van der Waals surface area contributed by atoms with E-state index in [9.17, 15) is 0 Å². The van der Waals surface area contributed by atoms with Gasteiger partial charge in [0.05, 0.1) is 8.22 Å². The first-order valence-corrected chi connectivity index (χ1v) is 6.02. The number of hydrogen-bond donors (Lipinski definition) is 0. The molecule has 2 aromatic carbocycles. The van der Waals surface area contributed by atoms with Crippen molar-refractivity contribution in [3.8, 4) is 0 Å². The summed E-state index contributed by atoms with van der Waals surface area (Å²) in [6.07, 6.45) is 0. The van der Waals surface area contributed by atoms with Crippen LogP contribution in [0.15, 0.2) is 40.7 Å². The number of halogens is 2. The molecule has 0 fully saturated rings. The summed E-state index contributed by atoms with van der Waals surface area (Å²) in [5.74, 6) is 0. The molecule has 0 N–H and O–H groups in total. The molecule has 0 aliphatic rings. The van der Waals surface area contributed by atoms with Gasteiger partial charge in [-0.2, -0.15) is 0 Å². The van der Waals surface area contributed by atoms with Crippen LogP contribution in [0.2, 0.25) is 5.02 Å². The number of hydrogen-bond acceptors (Lipinski definition) is 1. The average Bonchev–Trinajstić information content (AvgIpc) is 2.87. The molecule has 0 aliphatic carbocycles. The zero-order chi connectivity index (χ0) is 15.6. The van der Waals surface area contributed by atoms with Gasteiger partial charge < -0.3 is 0 Å². The summed E-state index contributed by atoms with van der Waals surface area (Å²) in [4.78, 5) is 0. The molecule has 1 aromatic heterocycles. The highest BCUT2D eigenvalue weighted by atomic mass is 79.9. The maximum absolute atomic E-state index is 8.14. The van der Waals surface area contributed by atoms with Crippen molar-refractivity contribution in [2.75, 3.05) is 0 Å². The molecule has 1 heterocycles. The van der Waals surface area contributed by atoms with Gasteiger partial charge in [0.15, 0.2) is 0 Å². The molecule has 0 spiro atoms. The maximum Gasteiger partial charge on any atom is 0.0642 e. The summed E-state index contributed by atoms with van der Waals surface area (Å²) in [6, 6.07) is -0.813. The number of rotatable bonds is 0. The van der Waals surface area contributed by atoms with Gasteiger partial charge in [-0.15, -0.1) is 11.3 Å². The fraction of sp³-hybridized carbons (Fsp3) is 0. The zero-order valence-corrected chi connectivity index (χ0v) is 10.3. The second-order valence-electron chi connectivity index (χ2n) is 2.89. The highest BCUT2D eigenvalue weighted by molar-refractivity contribution is 9.10. The Morgan fingerprint density at radius 1 is 1.20 bits per heavy atom. The lowest BCUT2D eigenvalue weighted by atomic mass is 10.1. The molecule has 0 atom stereocenters. The Kier molecular flexibility index (Phi) is 1.20. The minimum absolute atomic E-state index is 0.00906. The topological polar surface area (TPSA) is 0 Å². The first kappa shape index (κ1) is 5.17. The molecule has 15 heavy (non-hydrogen) atoms. The summed E-state index contributed by atoms with van der Waals surface area (Å²) in [5.41, 5.74) is 0. The lowest BCUT2D eigenvalue weighted by Gasteiger charge is -1.95. The number of thiophene rings is 1. The fourth-order valence-electron chi connectivity index (χ4n) is 1.39. The predicted molar refractivity (Wildman–Crippen MR) is 72.0 cm³/mol. The predicted octanol–water partition coefficient (Wildman–Crippen LogP) is 5.47. The van der Waals surface area contributed by atoms with Gasteiger partial charge in [0.1, 0.15) is 0 Å². The quantitative estimate of drug-likeness (QED) is 0.516. The summed E-state index contributed by atoms with van der Waals surface area (Å²) in [5, 5.41) is 0.714. The molecule has 3 heteroatoms. The van der Waals surface area contributed by atoms with Gasteiger partial charge >= 0.3 is 0 Å². The van der Waals surface area contributed by atoms with Crippen LogP contribution in [0, 0.1) is 0 Å². The smallest absolute Gasteiger partial charge is 0.0642 e. The Balaban J connectivity index is 2.73. The average molecular weight is 304 g/mol. The normalized spacial score (nSPS) is 16.9. The molecular weight excluding hydrogens is 292 g/mol. The molecule has 3 rings (SSSR count). The van der Waals surface area contributed by atoms with Crippen LogP contribution in [0.5, 0.6) is 0 Å². The van der Waals surface area contributed by atoms with Gasteiger partial charge in [-0.25, -0.2) is 0 Å². The van der Waals surface area contributed by atoms with Crippen molar-refractivity contribution in [3.63, 3.8) is 0 Å². The van der Waals surface area contributed by atoms with E-state index in [-0.39, 0.29) is 45.7 Å². The Morgan fingerprint density at radius 3 is 2.93 bits per heavy atom. The van der Waals surface area contributed by atoms with Crippen LogP contribution in [-0.2, 0) is 0 Å². The van der Waals surface area contributed by atoms with Gasteiger partial charge in [-0.1, -0.05) is 33.6 Å². The van der Waals surface area contributed by atoms with E-state index in [0.29, 0.717) is 20.2 Å². The second kappa shape index (κ2) is 3.48. The van der Waals surface area contributed by atoms with Crippen molar-refractivity contribution < 1.29 is 8.22 Å². The van der Waals surface area contributed by atoms with E-state index < -0.39 is 0 Å². The van der Waals surface area contributed by atoms with E-state index in [1.165, 1.54) is 0 Å². The van der Waals surface area contributed by atoms with Gasteiger partial charge in [-0.05, 0) is 30.2 Å². The second-order valence-corrected chi connectivity index (χ2v) is 5.08. The minimum atomic E-state index is -0.276. The third kappa shape index (κ3) is 1.48. The van der Waals surface area contributed by atoms with Crippen molar-refractivity contribution in [1.82, 2.24) is 0 Å². The molecule has 0 radical (unpaired) electrons. The van der Waals surface area contributed by atoms with E-state index >= 15 is 0 Å². The van der Waals surface area contributed by atoms with Crippen molar-refractivity contribution in [1.29, 1.82) is 0 Å².